The predicted molar refractivity (Wildman–Crippen MR) is 87.8 cm³/mol. The second kappa shape index (κ2) is 7.38. The van der Waals surface area contributed by atoms with Crippen LogP contribution in [0.4, 0.5) is 0 Å². The Labute approximate surface area is 141 Å². The quantitative estimate of drug-likeness (QED) is 0.624. The van der Waals surface area contributed by atoms with Crippen molar-refractivity contribution in [3.8, 4) is 11.5 Å². The highest BCUT2D eigenvalue weighted by atomic mass is 16.6. The molecule has 0 N–H and O–H groups in total. The summed E-state index contributed by atoms with van der Waals surface area (Å²) in [6, 6.07) is 5.44. The molecular weight excluding hydrogens is 310 g/mol. The van der Waals surface area contributed by atoms with E-state index in [9.17, 15) is 9.59 Å². The molecule has 0 spiro atoms. The van der Waals surface area contributed by atoms with E-state index >= 15 is 0 Å². The highest BCUT2D eigenvalue weighted by molar-refractivity contribution is 5.90. The molecule has 2 aliphatic heterocycles. The zero-order valence-electron chi connectivity index (χ0n) is 13.7. The average molecular weight is 331 g/mol. The van der Waals surface area contributed by atoms with Gasteiger partial charge in [-0.1, -0.05) is 6.07 Å². The van der Waals surface area contributed by atoms with E-state index in [2.05, 4.69) is 0 Å². The first-order chi connectivity index (χ1) is 11.6. The van der Waals surface area contributed by atoms with Gasteiger partial charge in [-0.3, -0.25) is 4.79 Å². The number of ether oxygens (including phenoxy) is 3. The normalized spacial score (nSPS) is 17.8. The van der Waals surface area contributed by atoms with Crippen LogP contribution < -0.4 is 9.47 Å². The van der Waals surface area contributed by atoms with Crippen LogP contribution in [0.15, 0.2) is 24.3 Å². The molecule has 0 bridgehead atoms. The van der Waals surface area contributed by atoms with E-state index in [1.54, 1.807) is 30.0 Å². The minimum absolute atomic E-state index is 0.131. The van der Waals surface area contributed by atoms with E-state index in [1.165, 1.54) is 6.08 Å². The van der Waals surface area contributed by atoms with Gasteiger partial charge in [-0.05, 0) is 43.5 Å². The number of amides is 1. The monoisotopic (exact) mass is 331 g/mol. The van der Waals surface area contributed by atoms with Crippen molar-refractivity contribution in [2.45, 2.75) is 25.9 Å². The summed E-state index contributed by atoms with van der Waals surface area (Å²) in [6.45, 7) is 4.15. The van der Waals surface area contributed by atoms with Gasteiger partial charge in [0.15, 0.2) is 17.6 Å². The van der Waals surface area contributed by atoms with Crippen LogP contribution in [-0.4, -0.2) is 49.2 Å². The molecule has 1 atom stereocenters. The van der Waals surface area contributed by atoms with Gasteiger partial charge in [-0.25, -0.2) is 4.79 Å². The maximum absolute atomic E-state index is 12.1. The number of carbonyl (C=O) groups excluding carboxylic acids is 2. The van der Waals surface area contributed by atoms with Gasteiger partial charge < -0.3 is 19.1 Å². The van der Waals surface area contributed by atoms with Crippen molar-refractivity contribution in [3.63, 3.8) is 0 Å². The Morgan fingerprint density at radius 2 is 1.88 bits per heavy atom. The summed E-state index contributed by atoms with van der Waals surface area (Å²) >= 11 is 0. The van der Waals surface area contributed by atoms with Crippen LogP contribution in [0.5, 0.6) is 11.5 Å². The maximum atomic E-state index is 12.1. The van der Waals surface area contributed by atoms with Crippen molar-refractivity contribution in [2.24, 2.45) is 0 Å². The van der Waals surface area contributed by atoms with Gasteiger partial charge in [0, 0.05) is 19.2 Å². The molecule has 0 unspecified atom stereocenters. The summed E-state index contributed by atoms with van der Waals surface area (Å²) in [5.41, 5.74) is 0.801. The predicted octanol–water partition coefficient (Wildman–Crippen LogP) is 2.03. The summed E-state index contributed by atoms with van der Waals surface area (Å²) in [4.78, 5) is 25.7. The number of hydrogen-bond donors (Lipinski definition) is 0. The second-order valence-corrected chi connectivity index (χ2v) is 5.85. The van der Waals surface area contributed by atoms with Crippen molar-refractivity contribution < 1.29 is 23.8 Å². The maximum Gasteiger partial charge on any atom is 0.331 e. The SMILES string of the molecule is C[C@H](OC(=O)/C=C/c1ccc2c(c1)OCCO2)C(=O)N1CCCC1. The van der Waals surface area contributed by atoms with Crippen molar-refractivity contribution in [3.05, 3.63) is 29.8 Å². The van der Waals surface area contributed by atoms with Crippen LogP contribution in [-0.2, 0) is 14.3 Å². The molecule has 0 radical (unpaired) electrons. The zero-order chi connectivity index (χ0) is 16.9. The highest BCUT2D eigenvalue weighted by Crippen LogP contribution is 2.31. The third-order valence-electron chi connectivity index (χ3n) is 4.04. The number of hydrogen-bond acceptors (Lipinski definition) is 5. The third-order valence-corrected chi connectivity index (χ3v) is 4.04. The van der Waals surface area contributed by atoms with Gasteiger partial charge in [-0.15, -0.1) is 0 Å². The van der Waals surface area contributed by atoms with E-state index < -0.39 is 12.1 Å². The Morgan fingerprint density at radius 3 is 2.62 bits per heavy atom. The number of esters is 1. The van der Waals surface area contributed by atoms with E-state index in [0.29, 0.717) is 24.7 Å². The van der Waals surface area contributed by atoms with Gasteiger partial charge in [0.2, 0.25) is 0 Å². The largest absolute Gasteiger partial charge is 0.486 e. The van der Waals surface area contributed by atoms with Crippen molar-refractivity contribution >= 4 is 18.0 Å². The molecule has 3 rings (SSSR count). The second-order valence-electron chi connectivity index (χ2n) is 5.85. The number of carbonyl (C=O) groups is 2. The standard InChI is InChI=1S/C18H21NO5/c1-13(18(21)19-8-2-3-9-19)24-17(20)7-5-14-4-6-15-16(12-14)23-11-10-22-15/h4-7,12-13H,2-3,8-11H2,1H3/b7-5+/t13-/m0/s1. The molecule has 1 aromatic carbocycles. The molecule has 24 heavy (non-hydrogen) atoms. The minimum atomic E-state index is -0.763. The Morgan fingerprint density at radius 1 is 1.17 bits per heavy atom. The lowest BCUT2D eigenvalue weighted by molar-refractivity contribution is -0.154. The van der Waals surface area contributed by atoms with Crippen molar-refractivity contribution in [2.75, 3.05) is 26.3 Å². The number of likely N-dealkylation sites (tertiary alicyclic amines) is 1. The third kappa shape index (κ3) is 3.88. The Bertz CT molecular complexity index is 649. The summed E-state index contributed by atoms with van der Waals surface area (Å²) in [5.74, 6) is 0.693. The molecule has 0 saturated carbocycles. The zero-order valence-corrected chi connectivity index (χ0v) is 13.7. The number of nitrogens with zero attached hydrogens (tertiary/aromatic N) is 1. The van der Waals surface area contributed by atoms with Gasteiger partial charge >= 0.3 is 5.97 Å². The van der Waals surface area contributed by atoms with E-state index in [4.69, 9.17) is 14.2 Å². The fraction of sp³-hybridized carbons (Fsp3) is 0.444. The number of fused-ring (bicyclic) bond motifs is 1. The number of benzene rings is 1. The lowest BCUT2D eigenvalue weighted by atomic mass is 10.2. The van der Waals surface area contributed by atoms with Crippen molar-refractivity contribution in [1.29, 1.82) is 0 Å². The van der Waals surface area contributed by atoms with Crippen LogP contribution in [0.2, 0.25) is 0 Å². The summed E-state index contributed by atoms with van der Waals surface area (Å²) in [5, 5.41) is 0. The molecule has 0 aromatic heterocycles. The van der Waals surface area contributed by atoms with E-state index in [0.717, 1.165) is 31.5 Å². The van der Waals surface area contributed by atoms with E-state index in [1.807, 2.05) is 6.07 Å². The molecule has 1 aromatic rings. The molecule has 2 aliphatic rings. The fourth-order valence-corrected chi connectivity index (χ4v) is 2.79. The van der Waals surface area contributed by atoms with Crippen LogP contribution in [0, 0.1) is 0 Å². The molecular formula is C18H21NO5. The molecule has 128 valence electrons. The van der Waals surface area contributed by atoms with Crippen LogP contribution >= 0.6 is 0 Å². The van der Waals surface area contributed by atoms with Crippen molar-refractivity contribution in [1.82, 2.24) is 4.90 Å². The molecule has 1 fully saturated rings. The van der Waals surface area contributed by atoms with Gasteiger partial charge in [0.1, 0.15) is 13.2 Å². The first-order valence-corrected chi connectivity index (χ1v) is 8.20. The molecule has 6 nitrogen and oxygen atoms in total. The average Bonchev–Trinajstić information content (AvgIpc) is 3.13. The summed E-state index contributed by atoms with van der Waals surface area (Å²) in [6.07, 6.45) is 4.21. The highest BCUT2D eigenvalue weighted by Gasteiger charge is 2.25. The smallest absolute Gasteiger partial charge is 0.331 e. The van der Waals surface area contributed by atoms with Crippen LogP contribution in [0.25, 0.3) is 6.08 Å². The van der Waals surface area contributed by atoms with Crippen LogP contribution in [0.1, 0.15) is 25.3 Å². The van der Waals surface area contributed by atoms with Gasteiger partial charge in [0.05, 0.1) is 0 Å². The molecule has 2 heterocycles. The number of rotatable bonds is 4. The molecule has 6 heteroatoms. The van der Waals surface area contributed by atoms with Gasteiger partial charge in [0.25, 0.3) is 5.91 Å². The first kappa shape index (κ1) is 16.4. The lowest BCUT2D eigenvalue weighted by Crippen LogP contribution is -2.37. The minimum Gasteiger partial charge on any atom is -0.486 e. The fourth-order valence-electron chi connectivity index (χ4n) is 2.79. The lowest BCUT2D eigenvalue weighted by Gasteiger charge is -2.19. The Kier molecular flexibility index (Phi) is 5.03. The van der Waals surface area contributed by atoms with Crippen LogP contribution in [0.3, 0.4) is 0 Å². The van der Waals surface area contributed by atoms with E-state index in [-0.39, 0.29) is 5.91 Å². The Balaban J connectivity index is 1.56. The Hall–Kier alpha value is -2.50. The molecule has 0 aliphatic carbocycles. The van der Waals surface area contributed by atoms with Gasteiger partial charge in [-0.2, -0.15) is 0 Å². The summed E-state index contributed by atoms with van der Waals surface area (Å²) < 4.78 is 16.1. The molecule has 1 amide bonds. The topological polar surface area (TPSA) is 65.1 Å². The molecule has 1 saturated heterocycles. The first-order valence-electron chi connectivity index (χ1n) is 8.20. The summed E-state index contributed by atoms with van der Waals surface area (Å²) in [7, 11) is 0.